The number of imide groups is 1. The second-order valence-corrected chi connectivity index (χ2v) is 9.88. The van der Waals surface area contributed by atoms with Crippen LogP contribution in [0.2, 0.25) is 0 Å². The van der Waals surface area contributed by atoms with Crippen LogP contribution in [0, 0.1) is 11.3 Å². The fourth-order valence-electron chi connectivity index (χ4n) is 4.00. The Morgan fingerprint density at radius 3 is 2.63 bits per heavy atom. The molecule has 3 aliphatic rings. The van der Waals surface area contributed by atoms with Gasteiger partial charge in [0.1, 0.15) is 23.5 Å². The van der Waals surface area contributed by atoms with E-state index in [2.05, 4.69) is 0 Å². The van der Waals surface area contributed by atoms with Crippen molar-refractivity contribution in [1.82, 2.24) is 4.90 Å². The molecule has 3 aliphatic heterocycles. The van der Waals surface area contributed by atoms with E-state index in [0.717, 1.165) is 21.8 Å². The molecular formula is C22H20N2O5S. The van der Waals surface area contributed by atoms with Crippen LogP contribution in [0.25, 0.3) is 6.08 Å². The third-order valence-corrected chi connectivity index (χ3v) is 7.42. The van der Waals surface area contributed by atoms with Crippen LogP contribution in [0.5, 0.6) is 5.75 Å². The molecule has 0 radical (unpaired) electrons. The van der Waals surface area contributed by atoms with Crippen LogP contribution < -0.4 is 4.74 Å². The number of amides is 2. The molecule has 0 saturated carbocycles. The molecule has 0 aromatic heterocycles. The second kappa shape index (κ2) is 7.26. The van der Waals surface area contributed by atoms with E-state index in [1.165, 1.54) is 0 Å². The number of sulfone groups is 1. The monoisotopic (exact) mass is 424 g/mol. The van der Waals surface area contributed by atoms with Gasteiger partial charge in [0.05, 0.1) is 17.5 Å². The van der Waals surface area contributed by atoms with Crippen molar-refractivity contribution in [3.05, 3.63) is 58.2 Å². The van der Waals surface area contributed by atoms with Crippen molar-refractivity contribution in [3.8, 4) is 11.8 Å². The lowest BCUT2D eigenvalue weighted by Gasteiger charge is -2.32. The molecule has 2 amide bonds. The molecule has 30 heavy (non-hydrogen) atoms. The topological polar surface area (TPSA) is 105 Å². The summed E-state index contributed by atoms with van der Waals surface area (Å²) in [6, 6.07) is 8.63. The van der Waals surface area contributed by atoms with Gasteiger partial charge in [0, 0.05) is 11.1 Å². The Morgan fingerprint density at radius 1 is 1.23 bits per heavy atom. The van der Waals surface area contributed by atoms with Crippen LogP contribution in [0.4, 0.5) is 0 Å². The molecule has 4 rings (SSSR count). The highest BCUT2D eigenvalue weighted by molar-refractivity contribution is 7.91. The van der Waals surface area contributed by atoms with Gasteiger partial charge in [-0.05, 0) is 49.6 Å². The number of nitrogens with zero attached hydrogens (tertiary/aromatic N) is 2. The van der Waals surface area contributed by atoms with Crippen LogP contribution in [0.15, 0.2) is 52.6 Å². The number of fused-ring (bicyclic) bond motifs is 1. The number of nitriles is 1. The SMILES string of the molecule is CC1=C(C#N)C(=O)N(C2CCS(=O)(=O)C2)C(=O)C1=CC1=Cc2ccccc2OC1C. The van der Waals surface area contributed by atoms with Gasteiger partial charge in [-0.2, -0.15) is 5.26 Å². The maximum absolute atomic E-state index is 13.3. The fraction of sp³-hybridized carbons (Fsp3) is 0.318. The first-order chi connectivity index (χ1) is 14.2. The minimum Gasteiger partial charge on any atom is -0.485 e. The zero-order valence-corrected chi connectivity index (χ0v) is 17.4. The van der Waals surface area contributed by atoms with Gasteiger partial charge in [-0.15, -0.1) is 0 Å². The van der Waals surface area contributed by atoms with E-state index < -0.39 is 27.7 Å². The van der Waals surface area contributed by atoms with Gasteiger partial charge in [0.15, 0.2) is 9.84 Å². The Bertz CT molecular complexity index is 1200. The van der Waals surface area contributed by atoms with Gasteiger partial charge in [0.2, 0.25) is 0 Å². The van der Waals surface area contributed by atoms with Gasteiger partial charge < -0.3 is 4.74 Å². The van der Waals surface area contributed by atoms with Crippen molar-refractivity contribution in [1.29, 1.82) is 5.26 Å². The number of carbonyl (C=O) groups is 2. The molecule has 8 heteroatoms. The first kappa shape index (κ1) is 20.1. The summed E-state index contributed by atoms with van der Waals surface area (Å²) in [4.78, 5) is 27.0. The van der Waals surface area contributed by atoms with E-state index in [4.69, 9.17) is 4.74 Å². The van der Waals surface area contributed by atoms with E-state index in [1.807, 2.05) is 43.3 Å². The lowest BCUT2D eigenvalue weighted by Crippen LogP contribution is -2.49. The number of carbonyl (C=O) groups excluding carboxylic acids is 2. The Morgan fingerprint density at radius 2 is 1.97 bits per heavy atom. The van der Waals surface area contributed by atoms with Crippen molar-refractivity contribution >= 4 is 27.7 Å². The summed E-state index contributed by atoms with van der Waals surface area (Å²) < 4.78 is 29.7. The predicted octanol–water partition coefficient (Wildman–Crippen LogP) is 2.17. The number of hydrogen-bond acceptors (Lipinski definition) is 6. The molecule has 2 unspecified atom stereocenters. The number of para-hydroxylation sites is 1. The minimum atomic E-state index is -3.31. The van der Waals surface area contributed by atoms with E-state index in [-0.39, 0.29) is 40.7 Å². The molecule has 0 spiro atoms. The predicted molar refractivity (Wildman–Crippen MR) is 110 cm³/mol. The van der Waals surface area contributed by atoms with Crippen LogP contribution in [-0.4, -0.2) is 48.8 Å². The highest BCUT2D eigenvalue weighted by Crippen LogP contribution is 2.34. The zero-order valence-electron chi connectivity index (χ0n) is 16.6. The summed E-state index contributed by atoms with van der Waals surface area (Å²) >= 11 is 0. The first-order valence-electron chi connectivity index (χ1n) is 9.60. The van der Waals surface area contributed by atoms with Gasteiger partial charge in [-0.25, -0.2) is 8.42 Å². The summed E-state index contributed by atoms with van der Waals surface area (Å²) in [6.45, 7) is 3.41. The molecular weight excluding hydrogens is 404 g/mol. The van der Waals surface area contributed by atoms with Gasteiger partial charge in [-0.3, -0.25) is 14.5 Å². The first-order valence-corrected chi connectivity index (χ1v) is 11.4. The van der Waals surface area contributed by atoms with Crippen molar-refractivity contribution in [2.45, 2.75) is 32.4 Å². The van der Waals surface area contributed by atoms with Crippen LogP contribution >= 0.6 is 0 Å². The fourth-order valence-corrected chi connectivity index (χ4v) is 5.70. The molecule has 1 aromatic rings. The molecule has 1 saturated heterocycles. The Labute approximate surface area is 174 Å². The molecule has 0 aliphatic carbocycles. The maximum Gasteiger partial charge on any atom is 0.271 e. The molecule has 1 fully saturated rings. The highest BCUT2D eigenvalue weighted by atomic mass is 32.2. The molecule has 3 heterocycles. The molecule has 2 atom stereocenters. The van der Waals surface area contributed by atoms with Crippen molar-refractivity contribution in [3.63, 3.8) is 0 Å². The molecule has 154 valence electrons. The van der Waals surface area contributed by atoms with Crippen molar-refractivity contribution < 1.29 is 22.7 Å². The largest absolute Gasteiger partial charge is 0.485 e. The number of hydrogen-bond donors (Lipinski definition) is 0. The number of rotatable bonds is 2. The number of ether oxygens (including phenoxy) is 1. The molecule has 1 aromatic carbocycles. The zero-order chi connectivity index (χ0) is 21.6. The molecule has 7 nitrogen and oxygen atoms in total. The van der Waals surface area contributed by atoms with Crippen LogP contribution in [0.3, 0.4) is 0 Å². The average Bonchev–Trinajstić information content (AvgIpc) is 3.05. The van der Waals surface area contributed by atoms with Crippen LogP contribution in [0.1, 0.15) is 25.8 Å². The van der Waals surface area contributed by atoms with Crippen molar-refractivity contribution in [2.75, 3.05) is 11.5 Å². The van der Waals surface area contributed by atoms with Gasteiger partial charge in [0.25, 0.3) is 11.8 Å². The Balaban J connectivity index is 1.80. The Kier molecular flexibility index (Phi) is 4.86. The Hall–Kier alpha value is -3.18. The standard InChI is InChI=1S/C22H20N2O5S/c1-13-18(10-16-9-15-5-3-4-6-20(15)29-14(16)2)21(25)24(22(26)19(13)11-23)17-7-8-30(27,28)12-17/h3-6,9-10,14,17H,7-8,12H2,1-2H3. The summed E-state index contributed by atoms with van der Waals surface area (Å²) in [5.41, 5.74) is 1.94. The normalized spacial score (nSPS) is 26.9. The average molecular weight is 424 g/mol. The summed E-state index contributed by atoms with van der Waals surface area (Å²) in [7, 11) is -3.31. The lowest BCUT2D eigenvalue weighted by atomic mass is 9.90. The molecule has 0 N–H and O–H groups in total. The third kappa shape index (κ3) is 3.35. The van der Waals surface area contributed by atoms with E-state index in [9.17, 15) is 23.3 Å². The smallest absolute Gasteiger partial charge is 0.271 e. The lowest BCUT2D eigenvalue weighted by molar-refractivity contribution is -0.142. The van der Waals surface area contributed by atoms with Crippen LogP contribution in [-0.2, 0) is 19.4 Å². The van der Waals surface area contributed by atoms with E-state index in [1.54, 1.807) is 13.0 Å². The van der Waals surface area contributed by atoms with Gasteiger partial charge in [-0.1, -0.05) is 18.2 Å². The summed E-state index contributed by atoms with van der Waals surface area (Å²) in [5.74, 6) is -0.923. The van der Waals surface area contributed by atoms with E-state index in [0.29, 0.717) is 0 Å². The third-order valence-electron chi connectivity index (χ3n) is 5.67. The summed E-state index contributed by atoms with van der Waals surface area (Å²) in [5, 5.41) is 9.54. The minimum absolute atomic E-state index is 0.0782. The molecule has 0 bridgehead atoms. The van der Waals surface area contributed by atoms with Gasteiger partial charge >= 0.3 is 0 Å². The maximum atomic E-state index is 13.3. The highest BCUT2D eigenvalue weighted by Gasteiger charge is 2.43. The van der Waals surface area contributed by atoms with E-state index >= 15 is 0 Å². The number of benzene rings is 1. The summed E-state index contributed by atoms with van der Waals surface area (Å²) in [6.07, 6.45) is 3.39. The quantitative estimate of drug-likeness (QED) is 0.532. The second-order valence-electron chi connectivity index (χ2n) is 7.65. The van der Waals surface area contributed by atoms with Crippen molar-refractivity contribution in [2.24, 2.45) is 0 Å².